The summed E-state index contributed by atoms with van der Waals surface area (Å²) in [7, 11) is 0. The van der Waals surface area contributed by atoms with Gasteiger partial charge in [0.1, 0.15) is 0 Å². The Labute approximate surface area is 95.8 Å². The van der Waals surface area contributed by atoms with Crippen LogP contribution in [0.2, 0.25) is 0 Å². The SMILES string of the molecule is CCOC(CN)Cn1ccc2ccccc21. The van der Waals surface area contributed by atoms with E-state index in [1.165, 1.54) is 10.9 Å². The van der Waals surface area contributed by atoms with E-state index in [0.717, 1.165) is 6.54 Å². The normalized spacial score (nSPS) is 13.1. The van der Waals surface area contributed by atoms with Crippen LogP contribution >= 0.6 is 0 Å². The second kappa shape index (κ2) is 5.14. The quantitative estimate of drug-likeness (QED) is 0.834. The Morgan fingerprint density at radius 1 is 1.31 bits per heavy atom. The molecule has 0 aliphatic carbocycles. The minimum absolute atomic E-state index is 0.0980. The highest BCUT2D eigenvalue weighted by Gasteiger charge is 2.08. The lowest BCUT2D eigenvalue weighted by Crippen LogP contribution is -2.28. The van der Waals surface area contributed by atoms with Crippen molar-refractivity contribution in [1.82, 2.24) is 4.57 Å². The number of hydrogen-bond acceptors (Lipinski definition) is 2. The molecule has 86 valence electrons. The molecule has 1 heterocycles. The van der Waals surface area contributed by atoms with Gasteiger partial charge in [0, 0.05) is 24.9 Å². The first-order valence-corrected chi connectivity index (χ1v) is 5.70. The van der Waals surface area contributed by atoms with E-state index in [1.807, 2.05) is 6.92 Å². The highest BCUT2D eigenvalue weighted by atomic mass is 16.5. The highest BCUT2D eigenvalue weighted by molar-refractivity contribution is 5.79. The molecule has 1 unspecified atom stereocenters. The molecule has 2 rings (SSSR count). The molecule has 0 bridgehead atoms. The standard InChI is InChI=1S/C13H18N2O/c1-2-16-12(9-14)10-15-8-7-11-5-3-4-6-13(11)15/h3-8,12H,2,9-10,14H2,1H3. The fourth-order valence-electron chi connectivity index (χ4n) is 1.95. The van der Waals surface area contributed by atoms with Crippen molar-refractivity contribution in [3.05, 3.63) is 36.5 Å². The number of benzene rings is 1. The number of para-hydroxylation sites is 1. The van der Waals surface area contributed by atoms with E-state index in [9.17, 15) is 0 Å². The predicted molar refractivity (Wildman–Crippen MR) is 66.4 cm³/mol. The predicted octanol–water partition coefficient (Wildman–Crippen LogP) is 2.01. The summed E-state index contributed by atoms with van der Waals surface area (Å²) in [4.78, 5) is 0. The maximum atomic E-state index is 5.68. The smallest absolute Gasteiger partial charge is 0.0875 e. The summed E-state index contributed by atoms with van der Waals surface area (Å²) >= 11 is 0. The van der Waals surface area contributed by atoms with Gasteiger partial charge in [-0.05, 0) is 24.4 Å². The van der Waals surface area contributed by atoms with Crippen LogP contribution in [0.25, 0.3) is 10.9 Å². The van der Waals surface area contributed by atoms with E-state index in [1.54, 1.807) is 0 Å². The maximum absolute atomic E-state index is 5.68. The van der Waals surface area contributed by atoms with Gasteiger partial charge >= 0.3 is 0 Å². The first-order valence-electron chi connectivity index (χ1n) is 5.70. The monoisotopic (exact) mass is 218 g/mol. The van der Waals surface area contributed by atoms with Gasteiger partial charge in [-0.1, -0.05) is 18.2 Å². The van der Waals surface area contributed by atoms with E-state index in [4.69, 9.17) is 10.5 Å². The first-order chi connectivity index (χ1) is 7.85. The zero-order chi connectivity index (χ0) is 11.4. The summed E-state index contributed by atoms with van der Waals surface area (Å²) in [5.74, 6) is 0. The molecule has 3 nitrogen and oxygen atoms in total. The minimum Gasteiger partial charge on any atom is -0.375 e. The van der Waals surface area contributed by atoms with Crippen LogP contribution in [0.4, 0.5) is 0 Å². The lowest BCUT2D eigenvalue weighted by molar-refractivity contribution is 0.0576. The summed E-state index contributed by atoms with van der Waals surface area (Å²) in [6, 6.07) is 10.5. The minimum atomic E-state index is 0.0980. The molecule has 0 fully saturated rings. The third-order valence-corrected chi connectivity index (χ3v) is 2.75. The van der Waals surface area contributed by atoms with Gasteiger partial charge in [0.15, 0.2) is 0 Å². The molecule has 1 atom stereocenters. The molecule has 0 amide bonds. The molecule has 0 spiro atoms. The van der Waals surface area contributed by atoms with Crippen LogP contribution in [0.1, 0.15) is 6.92 Å². The largest absolute Gasteiger partial charge is 0.375 e. The molecule has 16 heavy (non-hydrogen) atoms. The van der Waals surface area contributed by atoms with Crippen molar-refractivity contribution in [2.75, 3.05) is 13.2 Å². The van der Waals surface area contributed by atoms with Gasteiger partial charge in [-0.2, -0.15) is 0 Å². The molecule has 0 saturated carbocycles. The second-order valence-corrected chi connectivity index (χ2v) is 3.84. The molecule has 0 aliphatic rings. The maximum Gasteiger partial charge on any atom is 0.0875 e. The number of hydrogen-bond donors (Lipinski definition) is 1. The fourth-order valence-corrected chi connectivity index (χ4v) is 1.95. The fraction of sp³-hybridized carbons (Fsp3) is 0.385. The molecule has 3 heteroatoms. The van der Waals surface area contributed by atoms with Crippen molar-refractivity contribution >= 4 is 10.9 Å². The van der Waals surface area contributed by atoms with Crippen LogP contribution in [0, 0.1) is 0 Å². The lowest BCUT2D eigenvalue weighted by Gasteiger charge is -2.16. The van der Waals surface area contributed by atoms with E-state index >= 15 is 0 Å². The molecule has 2 aromatic rings. The van der Waals surface area contributed by atoms with Crippen molar-refractivity contribution in [1.29, 1.82) is 0 Å². The Morgan fingerprint density at radius 3 is 2.88 bits per heavy atom. The zero-order valence-corrected chi connectivity index (χ0v) is 9.60. The van der Waals surface area contributed by atoms with Crippen LogP contribution in [-0.4, -0.2) is 23.8 Å². The van der Waals surface area contributed by atoms with Gasteiger partial charge in [0.25, 0.3) is 0 Å². The first kappa shape index (κ1) is 11.2. The van der Waals surface area contributed by atoms with Gasteiger partial charge in [-0.3, -0.25) is 0 Å². The van der Waals surface area contributed by atoms with Gasteiger partial charge in [-0.15, -0.1) is 0 Å². The summed E-state index contributed by atoms with van der Waals surface area (Å²) in [5.41, 5.74) is 6.92. The van der Waals surface area contributed by atoms with E-state index in [2.05, 4.69) is 41.1 Å². The second-order valence-electron chi connectivity index (χ2n) is 3.84. The summed E-state index contributed by atoms with van der Waals surface area (Å²) in [6.45, 7) is 4.08. The molecule has 2 N–H and O–H groups in total. The number of fused-ring (bicyclic) bond motifs is 1. The molecule has 1 aromatic heterocycles. The third kappa shape index (κ3) is 2.26. The van der Waals surface area contributed by atoms with Crippen LogP contribution in [0.5, 0.6) is 0 Å². The molecule has 1 aromatic carbocycles. The molecular formula is C13H18N2O. The van der Waals surface area contributed by atoms with Gasteiger partial charge in [-0.25, -0.2) is 0 Å². The topological polar surface area (TPSA) is 40.2 Å². The van der Waals surface area contributed by atoms with Crippen LogP contribution in [0.3, 0.4) is 0 Å². The van der Waals surface area contributed by atoms with Crippen molar-refractivity contribution in [2.24, 2.45) is 5.73 Å². The van der Waals surface area contributed by atoms with Gasteiger partial charge in [0.05, 0.1) is 12.6 Å². The van der Waals surface area contributed by atoms with Crippen LogP contribution in [-0.2, 0) is 11.3 Å². The van der Waals surface area contributed by atoms with Crippen LogP contribution in [0.15, 0.2) is 36.5 Å². The molecular weight excluding hydrogens is 200 g/mol. The zero-order valence-electron chi connectivity index (χ0n) is 9.60. The Balaban J connectivity index is 2.20. The lowest BCUT2D eigenvalue weighted by atomic mass is 10.2. The van der Waals surface area contributed by atoms with Gasteiger partial charge < -0.3 is 15.0 Å². The number of rotatable bonds is 5. The Bertz CT molecular complexity index is 450. The van der Waals surface area contributed by atoms with Gasteiger partial charge in [0.2, 0.25) is 0 Å². The van der Waals surface area contributed by atoms with Crippen LogP contribution < -0.4 is 5.73 Å². The Kier molecular flexibility index (Phi) is 3.59. The number of nitrogens with two attached hydrogens (primary N) is 1. The number of aromatic nitrogens is 1. The summed E-state index contributed by atoms with van der Waals surface area (Å²) < 4.78 is 7.76. The summed E-state index contributed by atoms with van der Waals surface area (Å²) in [6.07, 6.45) is 2.19. The average Bonchev–Trinajstić information content (AvgIpc) is 2.72. The number of nitrogens with zero attached hydrogens (tertiary/aromatic N) is 1. The number of ether oxygens (including phenoxy) is 1. The Morgan fingerprint density at radius 2 is 2.12 bits per heavy atom. The molecule has 0 radical (unpaired) electrons. The van der Waals surface area contributed by atoms with E-state index < -0.39 is 0 Å². The Hall–Kier alpha value is -1.32. The van der Waals surface area contributed by atoms with Crippen molar-refractivity contribution in [2.45, 2.75) is 19.6 Å². The van der Waals surface area contributed by atoms with Crippen molar-refractivity contribution < 1.29 is 4.74 Å². The summed E-state index contributed by atoms with van der Waals surface area (Å²) in [5, 5.41) is 1.26. The average molecular weight is 218 g/mol. The van der Waals surface area contributed by atoms with E-state index in [-0.39, 0.29) is 6.10 Å². The van der Waals surface area contributed by atoms with Crippen molar-refractivity contribution in [3.8, 4) is 0 Å². The molecule has 0 aliphatic heterocycles. The third-order valence-electron chi connectivity index (χ3n) is 2.75. The molecule has 0 saturated heterocycles. The highest BCUT2D eigenvalue weighted by Crippen LogP contribution is 2.15. The van der Waals surface area contributed by atoms with Crippen molar-refractivity contribution in [3.63, 3.8) is 0 Å². The van der Waals surface area contributed by atoms with E-state index in [0.29, 0.717) is 13.2 Å².